The highest BCUT2D eigenvalue weighted by Gasteiger charge is 2.57. The molecule has 3 saturated carbocycles. The molecule has 0 amide bonds. The molecule has 1 unspecified atom stereocenters. The van der Waals surface area contributed by atoms with Crippen molar-refractivity contribution in [3.05, 3.63) is 47.3 Å². The van der Waals surface area contributed by atoms with Crippen molar-refractivity contribution < 1.29 is 5.11 Å². The largest absolute Gasteiger partial charge is 0.515 e. The van der Waals surface area contributed by atoms with E-state index in [4.69, 9.17) is 5.11 Å². The zero-order valence-electron chi connectivity index (χ0n) is 18.5. The molecule has 4 aliphatic rings. The Hall–Kier alpha value is -1.24. The highest BCUT2D eigenvalue weighted by atomic mass is 16.2. The molecular weight excluding hydrogens is 340 g/mol. The minimum Gasteiger partial charge on any atom is -0.515 e. The van der Waals surface area contributed by atoms with Gasteiger partial charge in [-0.15, -0.1) is 0 Å². The van der Waals surface area contributed by atoms with Crippen LogP contribution in [0.1, 0.15) is 85.5 Å². The number of allylic oxidation sites excluding steroid dienone is 7. The predicted molar refractivity (Wildman–Crippen MR) is 119 cm³/mol. The van der Waals surface area contributed by atoms with Gasteiger partial charge in [-0.3, -0.25) is 0 Å². The summed E-state index contributed by atoms with van der Waals surface area (Å²) in [7, 11) is 0. The molecule has 0 saturated heterocycles. The lowest BCUT2D eigenvalue weighted by atomic mass is 9.45. The second-order valence-electron chi connectivity index (χ2n) is 10.8. The molecule has 0 aliphatic heterocycles. The first-order chi connectivity index (χ1) is 13.4. The van der Waals surface area contributed by atoms with Crippen LogP contribution in [0.2, 0.25) is 0 Å². The van der Waals surface area contributed by atoms with E-state index in [-0.39, 0.29) is 0 Å². The highest BCUT2D eigenvalue weighted by molar-refractivity contribution is 5.42. The fraction of sp³-hybridized carbons (Fsp3) is 0.704. The normalized spacial score (nSPS) is 44.1. The summed E-state index contributed by atoms with van der Waals surface area (Å²) in [6.45, 7) is 9.46. The van der Waals surface area contributed by atoms with Crippen molar-refractivity contribution in [2.45, 2.75) is 85.5 Å². The van der Waals surface area contributed by atoms with E-state index >= 15 is 0 Å². The number of hydrogen-bond donors (Lipinski definition) is 1. The van der Waals surface area contributed by atoms with E-state index in [9.17, 15) is 0 Å². The Kier molecular flexibility index (Phi) is 5.40. The molecule has 0 spiro atoms. The van der Waals surface area contributed by atoms with Gasteiger partial charge in [-0.25, -0.2) is 0 Å². The maximum atomic E-state index is 9.07. The molecule has 0 aromatic heterocycles. The zero-order chi connectivity index (χ0) is 19.9. The Bertz CT molecular complexity index is 723. The van der Waals surface area contributed by atoms with Gasteiger partial charge in [-0.05, 0) is 110 Å². The van der Waals surface area contributed by atoms with E-state index in [0.29, 0.717) is 10.8 Å². The summed E-state index contributed by atoms with van der Waals surface area (Å²) in [5.41, 5.74) is 4.93. The van der Waals surface area contributed by atoms with Gasteiger partial charge >= 0.3 is 0 Å². The molecule has 28 heavy (non-hydrogen) atoms. The van der Waals surface area contributed by atoms with Crippen LogP contribution in [-0.4, -0.2) is 5.11 Å². The van der Waals surface area contributed by atoms with Crippen LogP contribution in [0.5, 0.6) is 0 Å². The van der Waals surface area contributed by atoms with Gasteiger partial charge in [0.15, 0.2) is 0 Å². The van der Waals surface area contributed by atoms with E-state index in [1.807, 2.05) is 13.0 Å². The van der Waals surface area contributed by atoms with Crippen LogP contribution >= 0.6 is 0 Å². The standard InChI is InChI=1S/C27H40O/c1-19(18-28)8-7-9-20(2)23-13-14-24-22-12-11-21-10-5-6-16-26(21,3)25(22)15-17-27(23,24)4/h7-9,13,18,21-22,24-25,28H,5-6,10-12,14-17H2,1-4H3/t21?,22-,24-,25-,26-,27+/m0/s1. The summed E-state index contributed by atoms with van der Waals surface area (Å²) in [5, 5.41) is 9.07. The third-order valence-corrected chi connectivity index (χ3v) is 9.50. The molecule has 0 heterocycles. The molecule has 154 valence electrons. The van der Waals surface area contributed by atoms with Gasteiger partial charge in [-0.1, -0.05) is 51.0 Å². The lowest BCUT2D eigenvalue weighted by Gasteiger charge is -2.60. The first kappa shape index (κ1) is 20.0. The third kappa shape index (κ3) is 3.14. The second-order valence-corrected chi connectivity index (χ2v) is 10.8. The van der Waals surface area contributed by atoms with Gasteiger partial charge in [0.25, 0.3) is 0 Å². The van der Waals surface area contributed by atoms with Crippen molar-refractivity contribution in [3.8, 4) is 0 Å². The first-order valence-electron chi connectivity index (χ1n) is 11.8. The topological polar surface area (TPSA) is 20.2 Å². The van der Waals surface area contributed by atoms with Crippen molar-refractivity contribution in [1.29, 1.82) is 0 Å². The Morgan fingerprint density at radius 3 is 2.64 bits per heavy atom. The number of fused-ring (bicyclic) bond motifs is 5. The summed E-state index contributed by atoms with van der Waals surface area (Å²) in [5.74, 6) is 3.77. The number of aliphatic hydroxyl groups is 1. The molecule has 6 atom stereocenters. The molecule has 0 aromatic carbocycles. The fourth-order valence-corrected chi connectivity index (χ4v) is 7.95. The van der Waals surface area contributed by atoms with E-state index in [0.717, 1.165) is 29.2 Å². The monoisotopic (exact) mass is 380 g/mol. The molecule has 1 N–H and O–H groups in total. The van der Waals surface area contributed by atoms with Gasteiger partial charge < -0.3 is 5.11 Å². The molecule has 4 aliphatic carbocycles. The van der Waals surface area contributed by atoms with Crippen LogP contribution in [0.25, 0.3) is 0 Å². The Labute approximate surface area is 172 Å². The third-order valence-electron chi connectivity index (χ3n) is 9.50. The average molecular weight is 381 g/mol. The van der Waals surface area contributed by atoms with Crippen LogP contribution < -0.4 is 0 Å². The molecule has 4 rings (SSSR count). The number of hydrogen-bond acceptors (Lipinski definition) is 1. The molecule has 1 heteroatoms. The van der Waals surface area contributed by atoms with E-state index in [1.54, 1.807) is 5.57 Å². The maximum Gasteiger partial charge on any atom is 0.0820 e. The summed E-state index contributed by atoms with van der Waals surface area (Å²) in [4.78, 5) is 0. The molecule has 0 bridgehead atoms. The van der Waals surface area contributed by atoms with Crippen molar-refractivity contribution in [2.24, 2.45) is 34.5 Å². The van der Waals surface area contributed by atoms with Gasteiger partial charge in [0.05, 0.1) is 6.26 Å². The maximum absolute atomic E-state index is 9.07. The molecule has 3 fully saturated rings. The second kappa shape index (κ2) is 7.54. The van der Waals surface area contributed by atoms with Crippen LogP contribution in [0.15, 0.2) is 47.3 Å². The van der Waals surface area contributed by atoms with E-state index in [1.165, 1.54) is 69.6 Å². The smallest absolute Gasteiger partial charge is 0.0820 e. The zero-order valence-corrected chi connectivity index (χ0v) is 18.5. The summed E-state index contributed by atoms with van der Waals surface area (Å²) in [6.07, 6.45) is 23.1. The first-order valence-corrected chi connectivity index (χ1v) is 11.8. The summed E-state index contributed by atoms with van der Waals surface area (Å²) in [6, 6.07) is 0. The van der Waals surface area contributed by atoms with Gasteiger partial charge in [-0.2, -0.15) is 0 Å². The minimum absolute atomic E-state index is 0.370. The fourth-order valence-electron chi connectivity index (χ4n) is 7.95. The Morgan fingerprint density at radius 1 is 1.04 bits per heavy atom. The highest BCUT2D eigenvalue weighted by Crippen LogP contribution is 2.66. The van der Waals surface area contributed by atoms with Crippen LogP contribution in [0, 0.1) is 34.5 Å². The Morgan fingerprint density at radius 2 is 1.86 bits per heavy atom. The molecule has 0 radical (unpaired) electrons. The quantitative estimate of drug-likeness (QED) is 0.389. The lowest BCUT2D eigenvalue weighted by molar-refractivity contribution is -0.0984. The van der Waals surface area contributed by atoms with E-state index in [2.05, 4.69) is 39.0 Å². The van der Waals surface area contributed by atoms with Crippen molar-refractivity contribution in [1.82, 2.24) is 0 Å². The Balaban J connectivity index is 1.55. The van der Waals surface area contributed by atoms with Crippen molar-refractivity contribution in [3.63, 3.8) is 0 Å². The summed E-state index contributed by atoms with van der Waals surface area (Å²) >= 11 is 0. The van der Waals surface area contributed by atoms with Crippen LogP contribution in [0.3, 0.4) is 0 Å². The molecule has 1 nitrogen and oxygen atoms in total. The summed E-state index contributed by atoms with van der Waals surface area (Å²) < 4.78 is 0. The van der Waals surface area contributed by atoms with E-state index < -0.39 is 0 Å². The average Bonchev–Trinajstić information content (AvgIpc) is 3.04. The predicted octanol–water partition coefficient (Wildman–Crippen LogP) is 7.92. The van der Waals surface area contributed by atoms with Crippen molar-refractivity contribution in [2.75, 3.05) is 0 Å². The van der Waals surface area contributed by atoms with Gasteiger partial charge in [0, 0.05) is 0 Å². The number of rotatable bonds is 3. The SMILES string of the molecule is CC(C=CC=C(C)C1=CC[C@H]2[C@@H]3CCC4CCCC[C@]4(C)[C@H]3CC[C@]12C)=CO. The van der Waals surface area contributed by atoms with Gasteiger partial charge in [0.2, 0.25) is 0 Å². The minimum atomic E-state index is 0.370. The lowest BCUT2D eigenvalue weighted by Crippen LogP contribution is -2.52. The molecule has 0 aromatic rings. The number of aliphatic hydroxyl groups excluding tert-OH is 1. The van der Waals surface area contributed by atoms with Gasteiger partial charge in [0.1, 0.15) is 0 Å². The van der Waals surface area contributed by atoms with Crippen LogP contribution in [-0.2, 0) is 0 Å². The van der Waals surface area contributed by atoms with Crippen molar-refractivity contribution >= 4 is 0 Å². The van der Waals surface area contributed by atoms with Crippen LogP contribution in [0.4, 0.5) is 0 Å². The molecular formula is C27H40O.